The van der Waals surface area contributed by atoms with Crippen molar-refractivity contribution in [2.45, 2.75) is 24.1 Å². The Kier molecular flexibility index (Phi) is 4.79. The lowest BCUT2D eigenvalue weighted by molar-refractivity contribution is 0.621. The van der Waals surface area contributed by atoms with E-state index >= 15 is 0 Å². The SMILES string of the molecule is C#CC1(C2CC(c3cncc(C#CC)c3)=CS2)C=S(C)(=O)N(C)C(N)=N1. The quantitative estimate of drug-likeness (QED) is 0.621. The number of nitrogens with zero attached hydrogens (tertiary/aromatic N) is 3. The highest BCUT2D eigenvalue weighted by molar-refractivity contribution is 8.03. The largest absolute Gasteiger partial charge is 0.369 e. The lowest BCUT2D eigenvalue weighted by Gasteiger charge is -2.35. The zero-order valence-electron chi connectivity index (χ0n) is 14.9. The maximum absolute atomic E-state index is 12.9. The lowest BCUT2D eigenvalue weighted by atomic mass is 9.92. The van der Waals surface area contributed by atoms with Crippen molar-refractivity contribution >= 4 is 38.4 Å². The molecule has 3 atom stereocenters. The zero-order valence-corrected chi connectivity index (χ0v) is 16.5. The molecule has 2 aliphatic heterocycles. The van der Waals surface area contributed by atoms with Crippen molar-refractivity contribution in [1.29, 1.82) is 0 Å². The van der Waals surface area contributed by atoms with Gasteiger partial charge >= 0.3 is 0 Å². The van der Waals surface area contributed by atoms with Crippen LogP contribution >= 0.6 is 11.8 Å². The standard InChI is InChI=1S/C19H20N4OS2/c1-5-7-14-8-15(11-21-10-14)16-9-17(25-12-16)19(6-2)13-26(4,24)23(3)18(20)22-19/h2,8,10-13,17H,9H2,1,3-4H3,(H2,20,22). The third-order valence-corrected chi connectivity index (χ3v) is 7.79. The molecule has 5 nitrogen and oxygen atoms in total. The number of nitrogens with two attached hydrogens (primary N) is 1. The Balaban J connectivity index is 1.93. The first-order valence-corrected chi connectivity index (χ1v) is 10.9. The van der Waals surface area contributed by atoms with E-state index in [0.29, 0.717) is 6.42 Å². The molecule has 0 amide bonds. The van der Waals surface area contributed by atoms with E-state index in [4.69, 9.17) is 12.2 Å². The van der Waals surface area contributed by atoms with Crippen LogP contribution in [-0.4, -0.2) is 48.9 Å². The first-order valence-electron chi connectivity index (χ1n) is 7.96. The molecule has 0 radical (unpaired) electrons. The fraction of sp³-hybridized carbons (Fsp3) is 0.316. The second kappa shape index (κ2) is 6.75. The van der Waals surface area contributed by atoms with Gasteiger partial charge in [0, 0.05) is 36.6 Å². The number of hydrogen-bond donors (Lipinski definition) is 1. The van der Waals surface area contributed by atoms with Crippen molar-refractivity contribution in [3.8, 4) is 24.2 Å². The Hall–Kier alpha value is -2.35. The molecule has 0 bridgehead atoms. The number of aromatic nitrogens is 1. The predicted octanol–water partition coefficient (Wildman–Crippen LogP) is 1.56. The molecule has 134 valence electrons. The minimum Gasteiger partial charge on any atom is -0.369 e. The summed E-state index contributed by atoms with van der Waals surface area (Å²) in [5.41, 5.74) is 8.00. The van der Waals surface area contributed by atoms with Crippen molar-refractivity contribution in [2.75, 3.05) is 13.3 Å². The summed E-state index contributed by atoms with van der Waals surface area (Å²) in [6.07, 6.45) is 11.7. The number of terminal acetylenes is 1. The molecule has 1 aromatic rings. The van der Waals surface area contributed by atoms with Gasteiger partial charge < -0.3 is 5.73 Å². The Bertz CT molecular complexity index is 1030. The number of rotatable bonds is 2. The van der Waals surface area contributed by atoms with Crippen LogP contribution in [0, 0.1) is 24.2 Å². The van der Waals surface area contributed by atoms with E-state index < -0.39 is 15.2 Å². The van der Waals surface area contributed by atoms with Crippen molar-refractivity contribution in [3.05, 3.63) is 35.0 Å². The van der Waals surface area contributed by atoms with Crippen molar-refractivity contribution in [2.24, 2.45) is 10.7 Å². The van der Waals surface area contributed by atoms with Crippen LogP contribution in [-0.2, 0) is 9.71 Å². The highest BCUT2D eigenvalue weighted by atomic mass is 32.2. The van der Waals surface area contributed by atoms with Crippen LogP contribution in [0.5, 0.6) is 0 Å². The molecule has 26 heavy (non-hydrogen) atoms. The number of thioether (sulfide) groups is 1. The zero-order chi connectivity index (χ0) is 18.9. The van der Waals surface area contributed by atoms with Crippen LogP contribution in [0.1, 0.15) is 24.5 Å². The van der Waals surface area contributed by atoms with Crippen LogP contribution in [0.15, 0.2) is 28.9 Å². The van der Waals surface area contributed by atoms with E-state index in [1.807, 2.05) is 12.3 Å². The third kappa shape index (κ3) is 3.21. The Labute approximate surface area is 159 Å². The summed E-state index contributed by atoms with van der Waals surface area (Å²) >= 11 is 1.59. The van der Waals surface area contributed by atoms with Gasteiger partial charge in [0.15, 0.2) is 5.54 Å². The fourth-order valence-electron chi connectivity index (χ4n) is 2.93. The molecular formula is C19H20N4OS2. The van der Waals surface area contributed by atoms with E-state index in [-0.39, 0.29) is 11.2 Å². The minimum absolute atomic E-state index is 0.0727. The van der Waals surface area contributed by atoms with E-state index in [2.05, 4.69) is 33.1 Å². The third-order valence-electron chi connectivity index (χ3n) is 4.44. The van der Waals surface area contributed by atoms with Crippen molar-refractivity contribution in [1.82, 2.24) is 9.29 Å². The normalized spacial score (nSPS) is 30.4. The molecule has 0 spiro atoms. The van der Waals surface area contributed by atoms with Crippen LogP contribution < -0.4 is 5.73 Å². The van der Waals surface area contributed by atoms with E-state index in [1.54, 1.807) is 43.6 Å². The van der Waals surface area contributed by atoms with Gasteiger partial charge in [-0.2, -0.15) is 0 Å². The molecule has 0 fully saturated rings. The van der Waals surface area contributed by atoms with Crippen molar-refractivity contribution in [3.63, 3.8) is 0 Å². The van der Waals surface area contributed by atoms with Gasteiger partial charge in [-0.25, -0.2) is 9.20 Å². The molecule has 0 aromatic carbocycles. The summed E-state index contributed by atoms with van der Waals surface area (Å²) in [7, 11) is -0.809. The first kappa shape index (κ1) is 18.4. The maximum atomic E-state index is 12.9. The molecule has 2 N–H and O–H groups in total. The lowest BCUT2D eigenvalue weighted by Crippen LogP contribution is -2.52. The number of pyridine rings is 1. The molecule has 0 saturated carbocycles. The van der Waals surface area contributed by atoms with Gasteiger partial charge in [-0.15, -0.1) is 24.1 Å². The average Bonchev–Trinajstić information content (AvgIpc) is 3.10. The number of aliphatic imine (C=N–C) groups is 1. The predicted molar refractivity (Wildman–Crippen MR) is 112 cm³/mol. The molecule has 3 heterocycles. The van der Waals surface area contributed by atoms with Gasteiger partial charge in [-0.3, -0.25) is 9.29 Å². The summed E-state index contributed by atoms with van der Waals surface area (Å²) in [5, 5.41) is 3.66. The molecule has 0 aliphatic carbocycles. The van der Waals surface area contributed by atoms with Gasteiger partial charge in [0.25, 0.3) is 0 Å². The Morgan fingerprint density at radius 2 is 2.27 bits per heavy atom. The number of allylic oxidation sites excluding steroid dienone is 1. The summed E-state index contributed by atoms with van der Waals surface area (Å²) in [6, 6.07) is 2.01. The first-order chi connectivity index (χ1) is 12.3. The van der Waals surface area contributed by atoms with Gasteiger partial charge in [-0.1, -0.05) is 11.8 Å². The maximum Gasteiger partial charge on any atom is 0.204 e. The molecule has 1 aromatic heterocycles. The van der Waals surface area contributed by atoms with Crippen LogP contribution in [0.25, 0.3) is 5.57 Å². The number of hydrogen-bond acceptors (Lipinski definition) is 5. The van der Waals surface area contributed by atoms with Crippen LogP contribution in [0.2, 0.25) is 0 Å². The fourth-order valence-corrected chi connectivity index (χ4v) is 5.77. The van der Waals surface area contributed by atoms with E-state index in [1.165, 1.54) is 4.31 Å². The summed E-state index contributed by atoms with van der Waals surface area (Å²) in [4.78, 5) is 8.79. The summed E-state index contributed by atoms with van der Waals surface area (Å²) < 4.78 is 14.4. The average molecular weight is 385 g/mol. The smallest absolute Gasteiger partial charge is 0.204 e. The Morgan fingerprint density at radius 1 is 1.50 bits per heavy atom. The monoisotopic (exact) mass is 384 g/mol. The second-order valence-corrected chi connectivity index (χ2v) is 9.81. The van der Waals surface area contributed by atoms with E-state index in [0.717, 1.165) is 16.7 Å². The summed E-state index contributed by atoms with van der Waals surface area (Å²) in [6.45, 7) is 1.80. The topological polar surface area (TPSA) is 71.6 Å². The molecule has 7 heteroatoms. The number of guanidine groups is 1. The molecule has 3 rings (SSSR count). The minimum atomic E-state index is -2.47. The molecular weight excluding hydrogens is 364 g/mol. The Morgan fingerprint density at radius 3 is 2.92 bits per heavy atom. The van der Waals surface area contributed by atoms with Gasteiger partial charge in [-0.05, 0) is 36.0 Å². The van der Waals surface area contributed by atoms with Gasteiger partial charge in [0.2, 0.25) is 5.96 Å². The highest BCUT2D eigenvalue weighted by Gasteiger charge is 2.43. The van der Waals surface area contributed by atoms with Crippen LogP contribution in [0.3, 0.4) is 0 Å². The second-order valence-electron chi connectivity index (χ2n) is 6.23. The molecule has 0 saturated heterocycles. The van der Waals surface area contributed by atoms with Crippen molar-refractivity contribution < 1.29 is 4.21 Å². The van der Waals surface area contributed by atoms with E-state index in [9.17, 15) is 4.21 Å². The summed E-state index contributed by atoms with van der Waals surface area (Å²) in [5.74, 6) is 8.85. The van der Waals surface area contributed by atoms with Gasteiger partial charge in [0.1, 0.15) is 0 Å². The molecule has 2 aliphatic rings. The van der Waals surface area contributed by atoms with Crippen LogP contribution in [0.4, 0.5) is 0 Å². The molecule has 3 unspecified atom stereocenters. The van der Waals surface area contributed by atoms with Gasteiger partial charge in [0.05, 0.1) is 15.0 Å². The highest BCUT2D eigenvalue weighted by Crippen LogP contribution is 2.43.